The fourth-order valence-corrected chi connectivity index (χ4v) is 3.66. The van der Waals surface area contributed by atoms with Gasteiger partial charge in [0.2, 0.25) is 0 Å². The summed E-state index contributed by atoms with van der Waals surface area (Å²) in [4.78, 5) is 15.5. The maximum absolute atomic E-state index is 12.2. The van der Waals surface area contributed by atoms with Crippen LogP contribution in [0.2, 0.25) is 0 Å². The number of thiophene rings is 1. The van der Waals surface area contributed by atoms with Gasteiger partial charge in [-0.25, -0.2) is 0 Å². The minimum absolute atomic E-state index is 0.0260. The molecule has 22 heavy (non-hydrogen) atoms. The van der Waals surface area contributed by atoms with E-state index in [1.807, 2.05) is 42.5 Å². The van der Waals surface area contributed by atoms with Gasteiger partial charge in [-0.2, -0.15) is 0 Å². The van der Waals surface area contributed by atoms with Gasteiger partial charge in [0, 0.05) is 29.2 Å². The highest BCUT2D eigenvalue weighted by atomic mass is 79.9. The van der Waals surface area contributed by atoms with Gasteiger partial charge in [-0.05, 0) is 64.5 Å². The van der Waals surface area contributed by atoms with Gasteiger partial charge in [-0.1, -0.05) is 0 Å². The number of rotatable bonds is 4. The fraction of sp³-hybridized carbons (Fsp3) is 0.235. The van der Waals surface area contributed by atoms with E-state index in [2.05, 4.69) is 20.8 Å². The van der Waals surface area contributed by atoms with Gasteiger partial charge in [0.25, 0.3) is 0 Å². The van der Waals surface area contributed by atoms with Gasteiger partial charge in [0.05, 0.1) is 17.0 Å². The highest BCUT2D eigenvalue weighted by Gasteiger charge is 2.11. The van der Waals surface area contributed by atoms with Crippen molar-refractivity contribution in [3.05, 3.63) is 56.7 Å². The molecule has 0 bridgehead atoms. The van der Waals surface area contributed by atoms with Crippen LogP contribution >= 0.6 is 27.3 Å². The van der Waals surface area contributed by atoms with Crippen molar-refractivity contribution in [3.8, 4) is 0 Å². The van der Waals surface area contributed by atoms with Crippen LogP contribution in [0.4, 0.5) is 5.69 Å². The van der Waals surface area contributed by atoms with Crippen LogP contribution in [0.25, 0.3) is 6.08 Å². The summed E-state index contributed by atoms with van der Waals surface area (Å²) in [6.45, 7) is 3.33. The zero-order valence-corrected chi connectivity index (χ0v) is 14.4. The number of halogens is 1. The lowest BCUT2D eigenvalue weighted by Crippen LogP contribution is -2.36. The van der Waals surface area contributed by atoms with Crippen molar-refractivity contribution >= 4 is 44.8 Å². The lowest BCUT2D eigenvalue weighted by Gasteiger charge is -2.28. The van der Waals surface area contributed by atoms with Crippen LogP contribution < -0.4 is 4.90 Å². The Balaban J connectivity index is 1.66. The predicted molar refractivity (Wildman–Crippen MR) is 94.9 cm³/mol. The number of anilines is 1. The minimum atomic E-state index is 0.0260. The zero-order chi connectivity index (χ0) is 15.4. The van der Waals surface area contributed by atoms with Crippen LogP contribution in [-0.4, -0.2) is 32.1 Å². The molecule has 1 saturated heterocycles. The lowest BCUT2D eigenvalue weighted by atomic mass is 10.1. The maximum atomic E-state index is 12.2. The number of ether oxygens (including phenoxy) is 1. The third kappa shape index (κ3) is 3.85. The number of morpholine rings is 1. The summed E-state index contributed by atoms with van der Waals surface area (Å²) in [6, 6.07) is 11.8. The number of benzene rings is 1. The first-order valence-corrected chi connectivity index (χ1v) is 8.74. The van der Waals surface area contributed by atoms with E-state index in [0.717, 1.165) is 40.7 Å². The Hall–Kier alpha value is -1.43. The van der Waals surface area contributed by atoms with Crippen LogP contribution in [0.5, 0.6) is 0 Å². The lowest BCUT2D eigenvalue weighted by molar-refractivity contribution is 0.104. The summed E-state index contributed by atoms with van der Waals surface area (Å²) >= 11 is 5.02. The molecule has 1 aliphatic rings. The molecular formula is C17H16BrNO2S. The van der Waals surface area contributed by atoms with Crippen molar-refractivity contribution in [2.24, 2.45) is 0 Å². The zero-order valence-electron chi connectivity index (χ0n) is 12.0. The first kappa shape index (κ1) is 15.5. The SMILES string of the molecule is O=C(/C=C/c1ccc(Br)s1)c1ccc(N2CCOCC2)cc1. The van der Waals surface area contributed by atoms with Crippen LogP contribution in [0.15, 0.2) is 46.3 Å². The average molecular weight is 378 g/mol. The third-order valence-corrected chi connectivity index (χ3v) is 5.11. The number of ketones is 1. The average Bonchev–Trinajstić information content (AvgIpc) is 2.99. The normalized spacial score (nSPS) is 15.4. The number of carbonyl (C=O) groups excluding carboxylic acids is 1. The van der Waals surface area contributed by atoms with Crippen LogP contribution in [0, 0.1) is 0 Å². The quantitative estimate of drug-likeness (QED) is 0.589. The molecule has 0 atom stereocenters. The summed E-state index contributed by atoms with van der Waals surface area (Å²) in [5.41, 5.74) is 1.86. The molecule has 0 spiro atoms. The third-order valence-electron chi connectivity index (χ3n) is 3.52. The van der Waals surface area contributed by atoms with Crippen molar-refractivity contribution in [3.63, 3.8) is 0 Å². The predicted octanol–water partition coefficient (Wildman–Crippen LogP) is 4.24. The van der Waals surface area contributed by atoms with E-state index in [0.29, 0.717) is 5.56 Å². The molecule has 2 aromatic rings. The molecule has 3 nitrogen and oxygen atoms in total. The topological polar surface area (TPSA) is 29.5 Å². The molecule has 114 valence electrons. The first-order chi connectivity index (χ1) is 10.7. The van der Waals surface area contributed by atoms with Gasteiger partial charge >= 0.3 is 0 Å². The molecule has 0 aliphatic carbocycles. The number of nitrogens with zero attached hydrogens (tertiary/aromatic N) is 1. The molecule has 0 saturated carbocycles. The number of hydrogen-bond acceptors (Lipinski definition) is 4. The number of allylic oxidation sites excluding steroid dienone is 1. The molecular weight excluding hydrogens is 362 g/mol. The van der Waals surface area contributed by atoms with Gasteiger partial charge in [-0.15, -0.1) is 11.3 Å². The van der Waals surface area contributed by atoms with Gasteiger partial charge < -0.3 is 9.64 Å². The van der Waals surface area contributed by atoms with Crippen LogP contribution in [-0.2, 0) is 4.74 Å². The summed E-state index contributed by atoms with van der Waals surface area (Å²) in [6.07, 6.45) is 3.48. The van der Waals surface area contributed by atoms with Crippen LogP contribution in [0.1, 0.15) is 15.2 Å². The Morgan fingerprint density at radius 1 is 1.14 bits per heavy atom. The first-order valence-electron chi connectivity index (χ1n) is 7.13. The standard InChI is InChI=1S/C17H16BrNO2S/c18-17-8-6-15(22-17)5-7-16(20)13-1-3-14(4-2-13)19-9-11-21-12-10-19/h1-8H,9-12H2/b7-5+. The second-order valence-electron chi connectivity index (χ2n) is 4.99. The molecule has 1 fully saturated rings. The molecule has 3 rings (SSSR count). The van der Waals surface area contributed by atoms with Gasteiger partial charge in [-0.3, -0.25) is 4.79 Å². The molecule has 0 radical (unpaired) electrons. The summed E-state index contributed by atoms with van der Waals surface area (Å²) in [5.74, 6) is 0.0260. The molecule has 0 unspecified atom stereocenters. The van der Waals surface area contributed by atoms with Gasteiger partial charge in [0.1, 0.15) is 0 Å². The summed E-state index contributed by atoms with van der Waals surface area (Å²) in [7, 11) is 0. The Morgan fingerprint density at radius 3 is 2.50 bits per heavy atom. The molecule has 1 aromatic heterocycles. The van der Waals surface area contributed by atoms with E-state index in [-0.39, 0.29) is 5.78 Å². The van der Waals surface area contributed by atoms with Crippen molar-refractivity contribution in [1.29, 1.82) is 0 Å². The molecule has 1 aliphatic heterocycles. The van der Waals surface area contributed by atoms with E-state index in [1.165, 1.54) is 0 Å². The Labute approximate surface area is 142 Å². The van der Waals surface area contributed by atoms with Crippen LogP contribution in [0.3, 0.4) is 0 Å². The molecule has 0 N–H and O–H groups in total. The summed E-state index contributed by atoms with van der Waals surface area (Å²) < 4.78 is 6.42. The van der Waals surface area contributed by atoms with E-state index < -0.39 is 0 Å². The number of carbonyl (C=O) groups is 1. The second-order valence-corrected chi connectivity index (χ2v) is 7.48. The maximum Gasteiger partial charge on any atom is 0.185 e. The number of hydrogen-bond donors (Lipinski definition) is 0. The largest absolute Gasteiger partial charge is 0.378 e. The minimum Gasteiger partial charge on any atom is -0.378 e. The van der Waals surface area contributed by atoms with E-state index in [4.69, 9.17) is 4.74 Å². The van der Waals surface area contributed by atoms with Crippen molar-refractivity contribution in [2.45, 2.75) is 0 Å². The Morgan fingerprint density at radius 2 is 1.86 bits per heavy atom. The van der Waals surface area contributed by atoms with E-state index in [1.54, 1.807) is 17.4 Å². The fourth-order valence-electron chi connectivity index (χ4n) is 2.33. The Bertz CT molecular complexity index is 672. The highest BCUT2D eigenvalue weighted by molar-refractivity contribution is 9.11. The monoisotopic (exact) mass is 377 g/mol. The van der Waals surface area contributed by atoms with Gasteiger partial charge in [0.15, 0.2) is 5.78 Å². The van der Waals surface area contributed by atoms with Crippen molar-refractivity contribution in [1.82, 2.24) is 0 Å². The van der Waals surface area contributed by atoms with E-state index >= 15 is 0 Å². The molecule has 0 amide bonds. The Kier molecular flexibility index (Phi) is 5.08. The molecule has 5 heteroatoms. The molecule has 2 heterocycles. The highest BCUT2D eigenvalue weighted by Crippen LogP contribution is 2.23. The van der Waals surface area contributed by atoms with Crippen molar-refractivity contribution in [2.75, 3.05) is 31.2 Å². The molecule has 1 aromatic carbocycles. The van der Waals surface area contributed by atoms with Crippen molar-refractivity contribution < 1.29 is 9.53 Å². The van der Waals surface area contributed by atoms with E-state index in [9.17, 15) is 4.79 Å². The summed E-state index contributed by atoms with van der Waals surface area (Å²) in [5, 5.41) is 0. The smallest absolute Gasteiger partial charge is 0.185 e. The second kappa shape index (κ2) is 7.22.